The number of rotatable bonds is 6. The first-order chi connectivity index (χ1) is 31.3. The van der Waals surface area contributed by atoms with Crippen LogP contribution in [0.1, 0.15) is 31.8 Å². The van der Waals surface area contributed by atoms with Crippen LogP contribution in [0.4, 0.5) is 11.6 Å². The monoisotopic (exact) mass is 974 g/mol. The number of fused-ring (bicyclic) bond motifs is 2. The summed E-state index contributed by atoms with van der Waals surface area (Å²) in [6.45, 7) is 0. The first-order valence-corrected chi connectivity index (χ1v) is 22.4. The fourth-order valence-electron chi connectivity index (χ4n) is 5.86. The standard InChI is InChI=1S/2C15H13N3O4S.2C7H5ClO2/c2*1-18-13(15(20)17-12-8-4-5-9-16-12)14(19)10-6-2-3-7-11(10)23(18,21)22;2*8-6-4-2-1-3-5(6)7(9)10/h2*2-9,19H,1H3,(H,16,17,20);2*1-4H,(H,9,10). The number of aromatic nitrogens is 2. The third kappa shape index (κ3) is 11.1. The van der Waals surface area contributed by atoms with E-state index in [0.29, 0.717) is 0 Å². The number of halogens is 2. The topological polar surface area (TPSA) is 274 Å². The van der Waals surface area contributed by atoms with Crippen LogP contribution in [-0.4, -0.2) is 93.7 Å². The number of carboxylic acid groups (broad SMARTS) is 2. The van der Waals surface area contributed by atoms with Crippen molar-refractivity contribution in [1.29, 1.82) is 0 Å². The van der Waals surface area contributed by atoms with Gasteiger partial charge in [0.1, 0.15) is 11.6 Å². The number of likely N-dealkylation sites (N-methyl/N-ethyl adjacent to an activating group) is 2. The fourth-order valence-corrected chi connectivity index (χ4v) is 9.09. The molecule has 0 unspecified atom stereocenters. The number of carbonyl (C=O) groups excluding carboxylic acids is 2. The minimum Gasteiger partial charge on any atom is -0.505 e. The molecule has 2 aromatic heterocycles. The van der Waals surface area contributed by atoms with E-state index in [9.17, 15) is 46.2 Å². The van der Waals surface area contributed by atoms with Crippen molar-refractivity contribution in [2.75, 3.05) is 24.7 Å². The third-order valence-electron chi connectivity index (χ3n) is 9.09. The van der Waals surface area contributed by atoms with E-state index in [4.69, 9.17) is 33.4 Å². The maximum absolute atomic E-state index is 12.5. The van der Waals surface area contributed by atoms with Crippen molar-refractivity contribution in [3.8, 4) is 0 Å². The number of aliphatic hydroxyl groups is 2. The number of benzene rings is 4. The summed E-state index contributed by atoms with van der Waals surface area (Å²) < 4.78 is 51.5. The summed E-state index contributed by atoms with van der Waals surface area (Å²) in [5, 5.41) is 43.2. The summed E-state index contributed by atoms with van der Waals surface area (Å²) in [5.41, 5.74) is -0.231. The highest BCUT2D eigenvalue weighted by Crippen LogP contribution is 2.36. The Morgan fingerprint density at radius 3 is 1.12 bits per heavy atom. The van der Waals surface area contributed by atoms with Crippen LogP contribution in [0.15, 0.2) is 167 Å². The highest BCUT2D eigenvalue weighted by Gasteiger charge is 2.39. The predicted molar refractivity (Wildman–Crippen MR) is 244 cm³/mol. The Labute approximate surface area is 387 Å². The van der Waals surface area contributed by atoms with Gasteiger partial charge in [-0.05, 0) is 72.8 Å². The molecule has 0 radical (unpaired) electrons. The molecule has 2 aliphatic heterocycles. The van der Waals surface area contributed by atoms with Crippen molar-refractivity contribution in [2.24, 2.45) is 0 Å². The van der Waals surface area contributed by atoms with Gasteiger partial charge in [-0.25, -0.2) is 36.4 Å². The smallest absolute Gasteiger partial charge is 0.337 e. The average Bonchev–Trinajstić information content (AvgIpc) is 3.29. The molecule has 2 aliphatic rings. The van der Waals surface area contributed by atoms with E-state index in [1.54, 1.807) is 97.1 Å². The maximum Gasteiger partial charge on any atom is 0.337 e. The Morgan fingerprint density at radius 1 is 0.500 bits per heavy atom. The van der Waals surface area contributed by atoms with Crippen molar-refractivity contribution < 1.29 is 56.4 Å². The number of hydrogen-bond acceptors (Lipinski definition) is 12. The molecule has 340 valence electrons. The second-order valence-electron chi connectivity index (χ2n) is 13.2. The van der Waals surface area contributed by atoms with Gasteiger partial charge >= 0.3 is 11.9 Å². The molecule has 6 N–H and O–H groups in total. The molecule has 18 nitrogen and oxygen atoms in total. The van der Waals surface area contributed by atoms with Gasteiger partial charge in [-0.2, -0.15) is 0 Å². The van der Waals surface area contributed by atoms with Crippen LogP contribution >= 0.6 is 23.2 Å². The van der Waals surface area contributed by atoms with E-state index < -0.39 is 55.3 Å². The number of nitrogens with one attached hydrogen (secondary N) is 2. The quantitative estimate of drug-likeness (QED) is 0.0961. The lowest BCUT2D eigenvalue weighted by Gasteiger charge is -2.28. The van der Waals surface area contributed by atoms with Crippen LogP contribution in [0.25, 0.3) is 11.5 Å². The second-order valence-corrected chi connectivity index (χ2v) is 17.9. The number of amides is 2. The molecule has 0 spiro atoms. The van der Waals surface area contributed by atoms with Crippen LogP contribution in [0.3, 0.4) is 0 Å². The number of aliphatic hydroxyl groups excluding tert-OH is 2. The molecule has 6 aromatic rings. The molecule has 0 fully saturated rings. The molecule has 4 aromatic carbocycles. The summed E-state index contributed by atoms with van der Waals surface area (Å²) in [5.74, 6) is -3.80. The molecule has 2 amide bonds. The zero-order valence-electron chi connectivity index (χ0n) is 34.3. The number of anilines is 2. The van der Waals surface area contributed by atoms with Crippen molar-refractivity contribution in [3.05, 3.63) is 190 Å². The highest BCUT2D eigenvalue weighted by molar-refractivity contribution is 7.89. The van der Waals surface area contributed by atoms with Gasteiger partial charge in [0.15, 0.2) is 22.9 Å². The molecule has 0 saturated heterocycles. The lowest BCUT2D eigenvalue weighted by Crippen LogP contribution is -2.37. The van der Waals surface area contributed by atoms with E-state index in [1.165, 1.54) is 62.9 Å². The van der Waals surface area contributed by atoms with E-state index >= 15 is 0 Å². The number of aromatic carboxylic acids is 2. The number of hydrogen-bond donors (Lipinski definition) is 6. The molecule has 8 rings (SSSR count). The number of carboxylic acids is 2. The van der Waals surface area contributed by atoms with Crippen LogP contribution in [0.2, 0.25) is 10.0 Å². The Morgan fingerprint density at radius 2 is 0.818 bits per heavy atom. The molecule has 0 saturated carbocycles. The number of pyridine rings is 2. The Kier molecular flexibility index (Phi) is 15.9. The van der Waals surface area contributed by atoms with Crippen molar-refractivity contribution >= 4 is 90.2 Å². The Bertz CT molecular complexity index is 2890. The van der Waals surface area contributed by atoms with Gasteiger partial charge in [-0.3, -0.25) is 18.2 Å². The summed E-state index contributed by atoms with van der Waals surface area (Å²) in [6, 6.07) is 34.4. The minimum absolute atomic E-state index is 0.0469. The van der Waals surface area contributed by atoms with Crippen LogP contribution < -0.4 is 10.6 Å². The molecule has 0 aliphatic carbocycles. The zero-order chi connectivity index (χ0) is 48.3. The molecular formula is C44H36Cl2N6O12S2. The van der Waals surface area contributed by atoms with Gasteiger partial charge in [-0.1, -0.05) is 83.9 Å². The predicted octanol–water partition coefficient (Wildman–Crippen LogP) is 7.24. The van der Waals surface area contributed by atoms with Gasteiger partial charge in [0, 0.05) is 37.6 Å². The summed E-state index contributed by atoms with van der Waals surface area (Å²) in [6.07, 6.45) is 2.97. The first kappa shape index (κ1) is 49.2. The highest BCUT2D eigenvalue weighted by atomic mass is 35.5. The SMILES string of the molecule is CN1C(C(=O)Nc2ccccn2)=C(O)c2ccccc2S1(=O)=O.CN1C(C(=O)Nc2ccccn2)=C(O)c2ccccc2S1(=O)=O.O=C(O)c1ccccc1Cl.O=C(O)c1ccccc1Cl. The molecule has 0 atom stereocenters. The third-order valence-corrected chi connectivity index (χ3v) is 13.4. The van der Waals surface area contributed by atoms with Gasteiger partial charge < -0.3 is 31.1 Å². The Balaban J connectivity index is 0.000000177. The summed E-state index contributed by atoms with van der Waals surface area (Å²) in [7, 11) is -5.38. The van der Waals surface area contributed by atoms with Crippen molar-refractivity contribution in [1.82, 2.24) is 18.6 Å². The van der Waals surface area contributed by atoms with E-state index in [0.717, 1.165) is 8.61 Å². The molecular weight excluding hydrogens is 940 g/mol. The lowest BCUT2D eigenvalue weighted by molar-refractivity contribution is -0.114. The van der Waals surface area contributed by atoms with Crippen LogP contribution in [0.5, 0.6) is 0 Å². The van der Waals surface area contributed by atoms with Crippen LogP contribution in [0, 0.1) is 0 Å². The van der Waals surface area contributed by atoms with Gasteiger partial charge in [0.05, 0.1) is 31.0 Å². The largest absolute Gasteiger partial charge is 0.505 e. The molecule has 22 heteroatoms. The Hall–Kier alpha value is -7.78. The summed E-state index contributed by atoms with van der Waals surface area (Å²) in [4.78, 5) is 53.3. The average molecular weight is 976 g/mol. The van der Waals surface area contributed by atoms with E-state index in [2.05, 4.69) is 20.6 Å². The molecule has 0 bridgehead atoms. The van der Waals surface area contributed by atoms with Crippen molar-refractivity contribution in [2.45, 2.75) is 9.79 Å². The molecule has 4 heterocycles. The van der Waals surface area contributed by atoms with Gasteiger partial charge in [0.25, 0.3) is 31.9 Å². The normalized spacial score (nSPS) is 13.9. The van der Waals surface area contributed by atoms with Crippen LogP contribution in [-0.2, 0) is 29.6 Å². The van der Waals surface area contributed by atoms with E-state index in [1.807, 2.05) is 0 Å². The second kappa shape index (κ2) is 21.3. The fraction of sp³-hybridized carbons (Fsp3) is 0.0455. The van der Waals surface area contributed by atoms with Gasteiger partial charge in [-0.15, -0.1) is 0 Å². The molecule has 66 heavy (non-hydrogen) atoms. The zero-order valence-corrected chi connectivity index (χ0v) is 37.4. The van der Waals surface area contributed by atoms with Crippen molar-refractivity contribution in [3.63, 3.8) is 0 Å². The van der Waals surface area contributed by atoms with Gasteiger partial charge in [0.2, 0.25) is 0 Å². The minimum atomic E-state index is -3.91. The summed E-state index contributed by atoms with van der Waals surface area (Å²) >= 11 is 11.1. The first-order valence-electron chi connectivity index (χ1n) is 18.7. The number of carbonyl (C=O) groups is 4. The number of sulfonamides is 2. The van der Waals surface area contributed by atoms with E-state index in [-0.39, 0.29) is 65.1 Å². The number of nitrogens with zero attached hydrogens (tertiary/aromatic N) is 4. The maximum atomic E-state index is 12.5. The lowest BCUT2D eigenvalue weighted by atomic mass is 10.1.